The first-order valence-electron chi connectivity index (χ1n) is 6.99. The molecule has 1 aliphatic rings. The Morgan fingerprint density at radius 2 is 2.35 bits per heavy atom. The first kappa shape index (κ1) is 15.1. The third-order valence-corrected chi connectivity index (χ3v) is 4.04. The summed E-state index contributed by atoms with van der Waals surface area (Å²) in [5, 5.41) is 6.70. The van der Waals surface area contributed by atoms with Gasteiger partial charge >= 0.3 is 0 Å². The Balaban J connectivity index is 1.89. The molecule has 112 valence electrons. The van der Waals surface area contributed by atoms with Crippen LogP contribution >= 0.6 is 11.3 Å². The van der Waals surface area contributed by atoms with Crippen LogP contribution in [0.3, 0.4) is 0 Å². The number of hydrogen-bond acceptors (Lipinski definition) is 6. The Kier molecular flexibility index (Phi) is 5.19. The highest BCUT2D eigenvalue weighted by Crippen LogP contribution is 2.25. The Hall–Kier alpha value is -1.34. The van der Waals surface area contributed by atoms with Gasteiger partial charge in [0.25, 0.3) is 5.91 Å². The summed E-state index contributed by atoms with van der Waals surface area (Å²) < 4.78 is 5.58. The molecule has 0 spiro atoms. The molecule has 1 amide bonds. The van der Waals surface area contributed by atoms with Crippen molar-refractivity contribution in [2.24, 2.45) is 0 Å². The number of hydrogen-bond donors (Lipinski definition) is 3. The zero-order chi connectivity index (χ0) is 14.5. The monoisotopic (exact) mass is 298 g/mol. The van der Waals surface area contributed by atoms with Crippen LogP contribution in [0.1, 0.15) is 42.8 Å². The van der Waals surface area contributed by atoms with Gasteiger partial charge in [-0.15, -0.1) is 0 Å². The van der Waals surface area contributed by atoms with Gasteiger partial charge in [0.2, 0.25) is 0 Å². The molecule has 2 heterocycles. The normalized spacial score (nSPS) is 19.1. The van der Waals surface area contributed by atoms with Crippen LogP contribution in [-0.4, -0.2) is 36.2 Å². The van der Waals surface area contributed by atoms with Crippen LogP contribution in [-0.2, 0) is 4.74 Å². The second kappa shape index (κ2) is 6.90. The molecule has 1 unspecified atom stereocenters. The highest BCUT2D eigenvalue weighted by molar-refractivity contribution is 7.18. The van der Waals surface area contributed by atoms with E-state index in [0.29, 0.717) is 16.6 Å². The van der Waals surface area contributed by atoms with Gasteiger partial charge in [-0.1, -0.05) is 11.3 Å². The maximum atomic E-state index is 12.1. The standard InChI is InChI=1S/C13H22N4O2S/c1-8(2)16-13-17-11(14)10(20-13)12(18)15-7-9-5-3-4-6-19-9/h8-9H,3-7,14H2,1-2H3,(H,15,18)(H,16,17). The summed E-state index contributed by atoms with van der Waals surface area (Å²) >= 11 is 1.28. The molecule has 0 aliphatic carbocycles. The SMILES string of the molecule is CC(C)Nc1nc(N)c(C(=O)NCC2CCCCO2)s1. The molecule has 0 bridgehead atoms. The Labute approximate surface area is 123 Å². The predicted octanol–water partition coefficient (Wildman–Crippen LogP) is 1.84. The Morgan fingerprint density at radius 1 is 1.55 bits per heavy atom. The summed E-state index contributed by atoms with van der Waals surface area (Å²) in [5.41, 5.74) is 5.79. The number of carbonyl (C=O) groups is 1. The van der Waals surface area contributed by atoms with Crippen molar-refractivity contribution in [2.75, 3.05) is 24.2 Å². The number of amides is 1. The molecule has 0 saturated carbocycles. The molecule has 0 aromatic carbocycles. The van der Waals surface area contributed by atoms with Crippen molar-refractivity contribution in [1.82, 2.24) is 10.3 Å². The lowest BCUT2D eigenvalue weighted by atomic mass is 10.1. The van der Waals surface area contributed by atoms with Gasteiger partial charge < -0.3 is 21.1 Å². The number of nitrogens with two attached hydrogens (primary N) is 1. The van der Waals surface area contributed by atoms with Gasteiger partial charge in [0, 0.05) is 19.2 Å². The van der Waals surface area contributed by atoms with E-state index in [1.165, 1.54) is 11.3 Å². The number of anilines is 2. The molecule has 2 rings (SSSR count). The summed E-state index contributed by atoms with van der Waals surface area (Å²) in [6.07, 6.45) is 3.39. The quantitative estimate of drug-likeness (QED) is 0.772. The lowest BCUT2D eigenvalue weighted by Gasteiger charge is -2.22. The number of rotatable bonds is 5. The molecule has 6 nitrogen and oxygen atoms in total. The highest BCUT2D eigenvalue weighted by atomic mass is 32.1. The average Bonchev–Trinajstić information content (AvgIpc) is 2.77. The van der Waals surface area contributed by atoms with E-state index in [4.69, 9.17) is 10.5 Å². The summed E-state index contributed by atoms with van der Waals surface area (Å²) in [5.74, 6) is 0.103. The number of nitrogens with zero attached hydrogens (tertiary/aromatic N) is 1. The van der Waals surface area contributed by atoms with E-state index in [0.717, 1.165) is 25.9 Å². The van der Waals surface area contributed by atoms with Gasteiger partial charge in [-0.25, -0.2) is 4.98 Å². The number of aromatic nitrogens is 1. The average molecular weight is 298 g/mol. The minimum Gasteiger partial charge on any atom is -0.382 e. The molecule has 1 aromatic heterocycles. The maximum Gasteiger partial charge on any atom is 0.265 e. The van der Waals surface area contributed by atoms with Gasteiger partial charge in [-0.2, -0.15) is 0 Å². The maximum absolute atomic E-state index is 12.1. The highest BCUT2D eigenvalue weighted by Gasteiger charge is 2.19. The molecule has 4 N–H and O–H groups in total. The summed E-state index contributed by atoms with van der Waals surface area (Å²) in [6, 6.07) is 0.257. The molecule has 1 aromatic rings. The first-order chi connectivity index (χ1) is 9.56. The van der Waals surface area contributed by atoms with Gasteiger partial charge in [0.05, 0.1) is 6.10 Å². The Bertz CT molecular complexity index is 455. The fraction of sp³-hybridized carbons (Fsp3) is 0.692. The van der Waals surface area contributed by atoms with Crippen molar-refractivity contribution in [2.45, 2.75) is 45.3 Å². The van der Waals surface area contributed by atoms with E-state index in [9.17, 15) is 4.79 Å². The van der Waals surface area contributed by atoms with Gasteiger partial charge in [0.1, 0.15) is 10.7 Å². The first-order valence-corrected chi connectivity index (χ1v) is 7.80. The molecular formula is C13H22N4O2S. The zero-order valence-electron chi connectivity index (χ0n) is 11.9. The van der Waals surface area contributed by atoms with E-state index >= 15 is 0 Å². The van der Waals surface area contributed by atoms with Gasteiger partial charge in [-0.3, -0.25) is 4.79 Å². The molecule has 20 heavy (non-hydrogen) atoms. The van der Waals surface area contributed by atoms with Crippen LogP contribution in [0.15, 0.2) is 0 Å². The van der Waals surface area contributed by atoms with Crippen molar-refractivity contribution in [3.63, 3.8) is 0 Å². The second-order valence-electron chi connectivity index (χ2n) is 5.23. The van der Waals surface area contributed by atoms with Crippen molar-refractivity contribution in [3.8, 4) is 0 Å². The van der Waals surface area contributed by atoms with Crippen molar-refractivity contribution >= 4 is 28.2 Å². The summed E-state index contributed by atoms with van der Waals surface area (Å²) in [6.45, 7) is 5.34. The molecule has 0 radical (unpaired) electrons. The number of carbonyl (C=O) groups excluding carboxylic acids is 1. The van der Waals surface area contributed by atoms with Crippen LogP contribution in [0.5, 0.6) is 0 Å². The lowest BCUT2D eigenvalue weighted by Crippen LogP contribution is -2.35. The molecule has 7 heteroatoms. The molecule has 1 atom stereocenters. The van der Waals surface area contributed by atoms with E-state index in [-0.39, 0.29) is 23.9 Å². The van der Waals surface area contributed by atoms with Gasteiger partial charge in [0.15, 0.2) is 5.13 Å². The minimum atomic E-state index is -0.175. The number of nitrogen functional groups attached to an aromatic ring is 1. The van der Waals surface area contributed by atoms with Crippen LogP contribution in [0.4, 0.5) is 10.9 Å². The second-order valence-corrected chi connectivity index (χ2v) is 6.23. The third-order valence-electron chi connectivity index (χ3n) is 3.04. The lowest BCUT2D eigenvalue weighted by molar-refractivity contribution is 0.0169. The smallest absolute Gasteiger partial charge is 0.265 e. The Morgan fingerprint density at radius 3 is 3.00 bits per heavy atom. The predicted molar refractivity (Wildman–Crippen MR) is 81.2 cm³/mol. The number of ether oxygens (including phenoxy) is 1. The fourth-order valence-corrected chi connectivity index (χ4v) is 3.01. The number of nitrogens with one attached hydrogen (secondary N) is 2. The minimum absolute atomic E-state index is 0.120. The van der Waals surface area contributed by atoms with Crippen molar-refractivity contribution in [3.05, 3.63) is 4.88 Å². The third kappa shape index (κ3) is 4.08. The summed E-state index contributed by atoms with van der Waals surface area (Å²) in [4.78, 5) is 16.7. The topological polar surface area (TPSA) is 89.3 Å². The largest absolute Gasteiger partial charge is 0.382 e. The van der Waals surface area contributed by atoms with E-state index in [2.05, 4.69) is 15.6 Å². The molecular weight excluding hydrogens is 276 g/mol. The molecule has 1 fully saturated rings. The van der Waals surface area contributed by atoms with Crippen LogP contribution in [0, 0.1) is 0 Å². The van der Waals surface area contributed by atoms with Crippen LogP contribution in [0.25, 0.3) is 0 Å². The van der Waals surface area contributed by atoms with Crippen LogP contribution in [0.2, 0.25) is 0 Å². The van der Waals surface area contributed by atoms with Gasteiger partial charge in [-0.05, 0) is 33.1 Å². The van der Waals surface area contributed by atoms with Crippen molar-refractivity contribution < 1.29 is 9.53 Å². The molecule has 1 aliphatic heterocycles. The number of thiazole rings is 1. The summed E-state index contributed by atoms with van der Waals surface area (Å²) in [7, 11) is 0. The molecule has 1 saturated heterocycles. The van der Waals surface area contributed by atoms with E-state index in [1.807, 2.05) is 13.8 Å². The fourth-order valence-electron chi connectivity index (χ4n) is 2.06. The van der Waals surface area contributed by atoms with E-state index in [1.54, 1.807) is 0 Å². The van der Waals surface area contributed by atoms with Crippen LogP contribution < -0.4 is 16.4 Å². The van der Waals surface area contributed by atoms with Crippen molar-refractivity contribution in [1.29, 1.82) is 0 Å². The van der Waals surface area contributed by atoms with E-state index < -0.39 is 0 Å². The zero-order valence-corrected chi connectivity index (χ0v) is 12.8.